The van der Waals surface area contributed by atoms with Crippen LogP contribution in [0.5, 0.6) is 5.75 Å². The van der Waals surface area contributed by atoms with Gasteiger partial charge >= 0.3 is 0 Å². The lowest BCUT2D eigenvalue weighted by molar-refractivity contribution is 0.0911. The summed E-state index contributed by atoms with van der Waals surface area (Å²) < 4.78 is 5.08. The van der Waals surface area contributed by atoms with E-state index in [0.717, 1.165) is 0 Å². The number of methoxy groups -OCH3 is 1. The first-order valence-corrected chi connectivity index (χ1v) is 5.80. The van der Waals surface area contributed by atoms with Gasteiger partial charge in [-0.15, -0.1) is 0 Å². The Labute approximate surface area is 110 Å². The number of amides is 1. The number of aromatic amines is 1. The molecule has 0 saturated heterocycles. The number of rotatable bonds is 5. The zero-order chi connectivity index (χ0) is 13.7. The maximum absolute atomic E-state index is 11.6. The molecule has 1 atom stereocenters. The lowest BCUT2D eigenvalue weighted by atomic mass is 10.1. The molecule has 19 heavy (non-hydrogen) atoms. The van der Waals surface area contributed by atoms with Crippen molar-refractivity contribution in [2.75, 3.05) is 13.7 Å². The van der Waals surface area contributed by atoms with Crippen molar-refractivity contribution in [3.8, 4) is 5.75 Å². The summed E-state index contributed by atoms with van der Waals surface area (Å²) in [5, 5.41) is 18.9. The highest BCUT2D eigenvalue weighted by Gasteiger charge is 2.12. The summed E-state index contributed by atoms with van der Waals surface area (Å²) in [5.74, 6) is 0.357. The number of nitrogens with zero attached hydrogens (tertiary/aromatic N) is 1. The van der Waals surface area contributed by atoms with Gasteiger partial charge in [-0.2, -0.15) is 5.10 Å². The number of carbonyl (C=O) groups excluding carboxylic acids is 1. The Balaban J connectivity index is 1.93. The van der Waals surface area contributed by atoms with Crippen LogP contribution in [0.2, 0.25) is 0 Å². The van der Waals surface area contributed by atoms with Gasteiger partial charge in [0.2, 0.25) is 0 Å². The molecule has 0 fully saturated rings. The van der Waals surface area contributed by atoms with E-state index >= 15 is 0 Å². The fourth-order valence-electron chi connectivity index (χ4n) is 1.63. The molecule has 6 heteroatoms. The normalized spacial score (nSPS) is 11.9. The molecule has 0 aliphatic heterocycles. The summed E-state index contributed by atoms with van der Waals surface area (Å²) in [6.45, 7) is 0.116. The molecule has 2 rings (SSSR count). The first-order valence-electron chi connectivity index (χ1n) is 5.80. The third-order valence-electron chi connectivity index (χ3n) is 2.68. The predicted octanol–water partition coefficient (Wildman–Crippen LogP) is 0.882. The number of aliphatic hydroxyl groups excluding tert-OH is 1. The highest BCUT2D eigenvalue weighted by Crippen LogP contribution is 2.18. The van der Waals surface area contributed by atoms with Crippen molar-refractivity contribution in [1.82, 2.24) is 15.5 Å². The highest BCUT2D eigenvalue weighted by atomic mass is 16.5. The highest BCUT2D eigenvalue weighted by molar-refractivity contribution is 5.92. The minimum Gasteiger partial charge on any atom is -0.497 e. The van der Waals surface area contributed by atoms with E-state index in [1.165, 1.54) is 6.20 Å². The second-order valence-electron chi connectivity index (χ2n) is 3.97. The maximum Gasteiger partial charge on any atom is 0.269 e. The second kappa shape index (κ2) is 6.01. The number of aromatic nitrogens is 2. The molecule has 1 unspecified atom stereocenters. The van der Waals surface area contributed by atoms with Crippen LogP contribution in [0.25, 0.3) is 0 Å². The molecule has 1 aromatic carbocycles. The molecule has 0 bridgehead atoms. The topological polar surface area (TPSA) is 87.2 Å². The van der Waals surface area contributed by atoms with Gasteiger partial charge in [0.15, 0.2) is 0 Å². The third-order valence-corrected chi connectivity index (χ3v) is 2.68. The Morgan fingerprint density at radius 2 is 2.37 bits per heavy atom. The lowest BCUT2D eigenvalue weighted by Crippen LogP contribution is -2.28. The van der Waals surface area contributed by atoms with E-state index in [1.54, 1.807) is 37.4 Å². The molecule has 100 valence electrons. The van der Waals surface area contributed by atoms with Gasteiger partial charge in [0.05, 0.1) is 13.2 Å². The van der Waals surface area contributed by atoms with Gasteiger partial charge in [0.1, 0.15) is 11.4 Å². The molecule has 1 heterocycles. The standard InChI is InChI=1S/C13H15N3O3/c1-19-10-4-2-3-9(7-10)12(17)8-14-13(18)11-5-6-15-16-11/h2-7,12,17H,8H2,1H3,(H,14,18)(H,15,16). The maximum atomic E-state index is 11.6. The Morgan fingerprint density at radius 3 is 3.05 bits per heavy atom. The van der Waals surface area contributed by atoms with Crippen LogP contribution in [-0.4, -0.2) is 34.9 Å². The second-order valence-corrected chi connectivity index (χ2v) is 3.97. The SMILES string of the molecule is COc1cccc(C(O)CNC(=O)c2ccn[nH]2)c1. The molecule has 0 saturated carbocycles. The summed E-state index contributed by atoms with van der Waals surface area (Å²) in [7, 11) is 1.56. The Kier molecular flexibility index (Phi) is 4.15. The van der Waals surface area contributed by atoms with Gasteiger partial charge < -0.3 is 15.2 Å². The summed E-state index contributed by atoms with van der Waals surface area (Å²) >= 11 is 0. The first kappa shape index (κ1) is 13.1. The zero-order valence-electron chi connectivity index (χ0n) is 10.5. The van der Waals surface area contributed by atoms with E-state index in [0.29, 0.717) is 17.0 Å². The van der Waals surface area contributed by atoms with E-state index in [-0.39, 0.29) is 12.5 Å². The van der Waals surface area contributed by atoms with Gasteiger partial charge in [-0.05, 0) is 23.8 Å². The van der Waals surface area contributed by atoms with Gasteiger partial charge in [-0.3, -0.25) is 9.89 Å². The van der Waals surface area contributed by atoms with Crippen molar-refractivity contribution in [1.29, 1.82) is 0 Å². The van der Waals surface area contributed by atoms with Gasteiger partial charge in [-0.1, -0.05) is 12.1 Å². The molecule has 0 aliphatic carbocycles. The summed E-state index contributed by atoms with van der Waals surface area (Å²) in [4.78, 5) is 11.6. The quantitative estimate of drug-likeness (QED) is 0.745. The van der Waals surface area contributed by atoms with E-state index in [9.17, 15) is 9.90 Å². The number of hydrogen-bond donors (Lipinski definition) is 3. The molecule has 2 aromatic rings. The van der Waals surface area contributed by atoms with Crippen molar-refractivity contribution in [3.63, 3.8) is 0 Å². The van der Waals surface area contributed by atoms with E-state index in [4.69, 9.17) is 4.74 Å². The lowest BCUT2D eigenvalue weighted by Gasteiger charge is -2.12. The summed E-state index contributed by atoms with van der Waals surface area (Å²) in [6, 6.07) is 8.64. The number of hydrogen-bond acceptors (Lipinski definition) is 4. The number of benzene rings is 1. The molecule has 6 nitrogen and oxygen atoms in total. The van der Waals surface area contributed by atoms with Crippen molar-refractivity contribution in [2.24, 2.45) is 0 Å². The predicted molar refractivity (Wildman–Crippen MR) is 68.9 cm³/mol. The van der Waals surface area contributed by atoms with Crippen molar-refractivity contribution >= 4 is 5.91 Å². The molecule has 0 aliphatic rings. The van der Waals surface area contributed by atoms with Gasteiger partial charge in [0.25, 0.3) is 5.91 Å². The molecule has 3 N–H and O–H groups in total. The smallest absolute Gasteiger partial charge is 0.269 e. The minimum absolute atomic E-state index is 0.116. The molecule has 0 spiro atoms. The number of ether oxygens (including phenoxy) is 1. The molecule has 1 aromatic heterocycles. The summed E-state index contributed by atoms with van der Waals surface area (Å²) in [6.07, 6.45) is 0.704. The van der Waals surface area contributed by atoms with E-state index in [1.807, 2.05) is 0 Å². The fourth-order valence-corrected chi connectivity index (χ4v) is 1.63. The average Bonchev–Trinajstić information content (AvgIpc) is 2.98. The van der Waals surface area contributed by atoms with Crippen LogP contribution in [0.15, 0.2) is 36.5 Å². The third kappa shape index (κ3) is 3.32. The van der Waals surface area contributed by atoms with Crippen molar-refractivity contribution in [2.45, 2.75) is 6.10 Å². The molecule has 1 amide bonds. The van der Waals surface area contributed by atoms with Crippen molar-refractivity contribution in [3.05, 3.63) is 47.8 Å². The average molecular weight is 261 g/mol. The van der Waals surface area contributed by atoms with Gasteiger partial charge in [0, 0.05) is 12.7 Å². The Morgan fingerprint density at radius 1 is 1.53 bits per heavy atom. The Bertz CT molecular complexity index is 540. The number of nitrogens with one attached hydrogen (secondary N) is 2. The number of aliphatic hydroxyl groups is 1. The van der Waals surface area contributed by atoms with Crippen molar-refractivity contribution < 1.29 is 14.6 Å². The van der Waals surface area contributed by atoms with Crippen LogP contribution in [0.4, 0.5) is 0 Å². The van der Waals surface area contributed by atoms with Crippen LogP contribution in [-0.2, 0) is 0 Å². The number of carbonyl (C=O) groups is 1. The van der Waals surface area contributed by atoms with Crippen LogP contribution >= 0.6 is 0 Å². The van der Waals surface area contributed by atoms with Crippen LogP contribution in [0.3, 0.4) is 0 Å². The minimum atomic E-state index is -0.790. The van der Waals surface area contributed by atoms with Crippen LogP contribution in [0.1, 0.15) is 22.2 Å². The molecule has 0 radical (unpaired) electrons. The monoisotopic (exact) mass is 261 g/mol. The fraction of sp³-hybridized carbons (Fsp3) is 0.231. The molecular weight excluding hydrogens is 246 g/mol. The largest absolute Gasteiger partial charge is 0.497 e. The summed E-state index contributed by atoms with van der Waals surface area (Å²) in [5.41, 5.74) is 1.04. The first-order chi connectivity index (χ1) is 9.20. The van der Waals surface area contributed by atoms with Crippen LogP contribution < -0.4 is 10.1 Å². The van der Waals surface area contributed by atoms with Gasteiger partial charge in [-0.25, -0.2) is 0 Å². The molecular formula is C13H15N3O3. The van der Waals surface area contributed by atoms with E-state index < -0.39 is 6.10 Å². The van der Waals surface area contributed by atoms with Crippen LogP contribution in [0, 0.1) is 0 Å². The Hall–Kier alpha value is -2.34. The van der Waals surface area contributed by atoms with E-state index in [2.05, 4.69) is 15.5 Å². The number of H-pyrrole nitrogens is 1. The zero-order valence-corrected chi connectivity index (χ0v) is 10.5.